The van der Waals surface area contributed by atoms with Crippen LogP contribution in [0.1, 0.15) is 34.6 Å². The van der Waals surface area contributed by atoms with Gasteiger partial charge >= 0.3 is 5.97 Å². The second kappa shape index (κ2) is 8.33. The molecule has 0 aliphatic carbocycles. The molecule has 0 saturated carbocycles. The highest BCUT2D eigenvalue weighted by Crippen LogP contribution is 2.21. The van der Waals surface area contributed by atoms with Crippen LogP contribution in [-0.4, -0.2) is 29.2 Å². The van der Waals surface area contributed by atoms with Crippen LogP contribution < -0.4 is 5.32 Å². The van der Waals surface area contributed by atoms with E-state index < -0.39 is 0 Å². The Balaban J connectivity index is 2.10. The van der Waals surface area contributed by atoms with E-state index in [1.807, 2.05) is 6.92 Å². The molecule has 0 bridgehead atoms. The number of nitrogens with one attached hydrogen (secondary N) is 1. The monoisotopic (exact) mass is 330 g/mol. The number of esters is 1. The third kappa shape index (κ3) is 4.56. The maximum absolute atomic E-state index is 12.4. The van der Waals surface area contributed by atoms with Gasteiger partial charge in [-0.05, 0) is 49.1 Å². The fraction of sp³-hybridized carbons (Fsp3) is 0.235. The molecule has 0 aliphatic heterocycles. The predicted molar refractivity (Wildman–Crippen MR) is 91.0 cm³/mol. The van der Waals surface area contributed by atoms with Crippen LogP contribution in [0.25, 0.3) is 0 Å². The van der Waals surface area contributed by atoms with Crippen LogP contribution in [0.4, 0.5) is 5.69 Å². The zero-order valence-electron chi connectivity index (χ0n) is 13.0. The van der Waals surface area contributed by atoms with Crippen molar-refractivity contribution < 1.29 is 14.3 Å². The number of benzene rings is 1. The summed E-state index contributed by atoms with van der Waals surface area (Å²) in [4.78, 5) is 28.2. The first-order chi connectivity index (χ1) is 11.2. The van der Waals surface area contributed by atoms with Gasteiger partial charge in [0.2, 0.25) is 0 Å². The molecule has 0 radical (unpaired) electrons. The molecule has 0 fully saturated rings. The fourth-order valence-electron chi connectivity index (χ4n) is 1.92. The van der Waals surface area contributed by atoms with Crippen LogP contribution in [0, 0.1) is 0 Å². The average Bonchev–Trinajstić information content (AvgIpc) is 2.56. The van der Waals surface area contributed by atoms with Gasteiger partial charge in [-0.15, -0.1) is 11.8 Å². The molecule has 0 spiro atoms. The lowest BCUT2D eigenvalue weighted by Gasteiger charge is -2.09. The van der Waals surface area contributed by atoms with E-state index >= 15 is 0 Å². The summed E-state index contributed by atoms with van der Waals surface area (Å²) < 4.78 is 4.92. The quantitative estimate of drug-likeness (QED) is 0.647. The van der Waals surface area contributed by atoms with Gasteiger partial charge in [-0.2, -0.15) is 0 Å². The number of carbonyl (C=O) groups is 2. The van der Waals surface area contributed by atoms with Gasteiger partial charge in [0.15, 0.2) is 0 Å². The van der Waals surface area contributed by atoms with Gasteiger partial charge in [-0.25, -0.2) is 9.78 Å². The van der Waals surface area contributed by atoms with Crippen molar-refractivity contribution in [3.63, 3.8) is 0 Å². The Morgan fingerprint density at radius 2 is 1.91 bits per heavy atom. The number of nitrogens with zero attached hydrogens (tertiary/aromatic N) is 1. The molecule has 2 aromatic rings. The second-order valence-electron chi connectivity index (χ2n) is 4.54. The summed E-state index contributed by atoms with van der Waals surface area (Å²) in [5.41, 5.74) is 1.60. The minimum absolute atomic E-state index is 0.224. The van der Waals surface area contributed by atoms with Crippen molar-refractivity contribution in [3.05, 3.63) is 53.7 Å². The van der Waals surface area contributed by atoms with Crippen LogP contribution in [-0.2, 0) is 4.74 Å². The molecule has 0 unspecified atom stereocenters. The van der Waals surface area contributed by atoms with E-state index in [1.165, 1.54) is 11.8 Å². The van der Waals surface area contributed by atoms with Crippen LogP contribution >= 0.6 is 11.8 Å². The molecule has 2 rings (SSSR count). The molecular weight excluding hydrogens is 312 g/mol. The van der Waals surface area contributed by atoms with Crippen molar-refractivity contribution in [1.82, 2.24) is 4.98 Å². The van der Waals surface area contributed by atoms with Crippen molar-refractivity contribution >= 4 is 29.3 Å². The van der Waals surface area contributed by atoms with Crippen molar-refractivity contribution in [2.24, 2.45) is 0 Å². The zero-order chi connectivity index (χ0) is 16.7. The summed E-state index contributed by atoms with van der Waals surface area (Å²) in [7, 11) is 0. The molecular formula is C17H18N2O3S. The lowest BCUT2D eigenvalue weighted by Crippen LogP contribution is -2.14. The highest BCUT2D eigenvalue weighted by atomic mass is 32.2. The van der Waals surface area contributed by atoms with E-state index in [0.717, 1.165) is 5.75 Å². The summed E-state index contributed by atoms with van der Waals surface area (Å²) in [6.07, 6.45) is 1.67. The predicted octanol–water partition coefficient (Wildman–Crippen LogP) is 3.62. The van der Waals surface area contributed by atoms with Crippen molar-refractivity contribution in [1.29, 1.82) is 0 Å². The maximum atomic E-state index is 12.4. The van der Waals surface area contributed by atoms with Crippen molar-refractivity contribution in [3.8, 4) is 0 Å². The zero-order valence-corrected chi connectivity index (χ0v) is 13.9. The minimum Gasteiger partial charge on any atom is -0.462 e. The fourth-order valence-corrected chi connectivity index (χ4v) is 2.64. The number of hydrogen-bond donors (Lipinski definition) is 1. The average molecular weight is 330 g/mol. The number of amides is 1. The largest absolute Gasteiger partial charge is 0.462 e. The maximum Gasteiger partial charge on any atom is 0.338 e. The van der Waals surface area contributed by atoms with E-state index in [-0.39, 0.29) is 11.9 Å². The van der Waals surface area contributed by atoms with E-state index in [0.29, 0.717) is 28.4 Å². The Labute approximate surface area is 139 Å². The minimum atomic E-state index is -0.376. The number of rotatable bonds is 6. The summed E-state index contributed by atoms with van der Waals surface area (Å²) in [5.74, 6) is 0.239. The second-order valence-corrected chi connectivity index (χ2v) is 5.79. The first kappa shape index (κ1) is 17.0. The molecule has 120 valence electrons. The number of pyridine rings is 1. The molecule has 5 nitrogen and oxygen atoms in total. The summed E-state index contributed by atoms with van der Waals surface area (Å²) in [6, 6.07) is 10.1. The SMILES string of the molecule is CCOC(=O)c1ccc(NC(=O)c2cccnc2SCC)cc1. The van der Waals surface area contributed by atoms with Gasteiger partial charge in [0.25, 0.3) is 5.91 Å². The topological polar surface area (TPSA) is 68.3 Å². The number of hydrogen-bond acceptors (Lipinski definition) is 5. The molecule has 0 atom stereocenters. The number of aromatic nitrogens is 1. The van der Waals surface area contributed by atoms with Crippen LogP contribution in [0.2, 0.25) is 0 Å². The highest BCUT2D eigenvalue weighted by Gasteiger charge is 2.13. The van der Waals surface area contributed by atoms with Gasteiger partial charge < -0.3 is 10.1 Å². The summed E-state index contributed by atoms with van der Waals surface area (Å²) >= 11 is 1.52. The molecule has 1 aromatic heterocycles. The third-order valence-corrected chi connectivity index (χ3v) is 3.84. The van der Waals surface area contributed by atoms with Gasteiger partial charge in [0.1, 0.15) is 5.03 Å². The molecule has 1 N–H and O–H groups in total. The normalized spacial score (nSPS) is 10.2. The van der Waals surface area contributed by atoms with E-state index in [9.17, 15) is 9.59 Å². The van der Waals surface area contributed by atoms with Gasteiger partial charge in [-0.1, -0.05) is 6.92 Å². The number of thioether (sulfide) groups is 1. The highest BCUT2D eigenvalue weighted by molar-refractivity contribution is 7.99. The Morgan fingerprint density at radius 1 is 1.17 bits per heavy atom. The molecule has 1 aromatic carbocycles. The first-order valence-corrected chi connectivity index (χ1v) is 8.30. The van der Waals surface area contributed by atoms with E-state index in [2.05, 4.69) is 10.3 Å². The van der Waals surface area contributed by atoms with Gasteiger partial charge in [-0.3, -0.25) is 4.79 Å². The molecule has 6 heteroatoms. The smallest absolute Gasteiger partial charge is 0.338 e. The lowest BCUT2D eigenvalue weighted by molar-refractivity contribution is 0.0526. The van der Waals surface area contributed by atoms with E-state index in [1.54, 1.807) is 49.5 Å². The molecule has 1 amide bonds. The van der Waals surface area contributed by atoms with Crippen molar-refractivity contribution in [2.45, 2.75) is 18.9 Å². The Morgan fingerprint density at radius 3 is 2.57 bits per heavy atom. The Kier molecular flexibility index (Phi) is 6.17. The van der Waals surface area contributed by atoms with Crippen molar-refractivity contribution in [2.75, 3.05) is 17.7 Å². The lowest BCUT2D eigenvalue weighted by atomic mass is 10.2. The van der Waals surface area contributed by atoms with Crippen LogP contribution in [0.3, 0.4) is 0 Å². The number of anilines is 1. The number of ether oxygens (including phenoxy) is 1. The third-order valence-electron chi connectivity index (χ3n) is 2.95. The van der Waals surface area contributed by atoms with Crippen LogP contribution in [0.5, 0.6) is 0 Å². The first-order valence-electron chi connectivity index (χ1n) is 7.32. The summed E-state index contributed by atoms with van der Waals surface area (Å²) in [6.45, 7) is 4.09. The molecule has 23 heavy (non-hydrogen) atoms. The van der Waals surface area contributed by atoms with Crippen LogP contribution in [0.15, 0.2) is 47.6 Å². The molecule has 0 aliphatic rings. The molecule has 1 heterocycles. The van der Waals surface area contributed by atoms with Gasteiger partial charge in [0.05, 0.1) is 17.7 Å². The van der Waals surface area contributed by atoms with Gasteiger partial charge in [0, 0.05) is 11.9 Å². The van der Waals surface area contributed by atoms with E-state index in [4.69, 9.17) is 4.74 Å². The Hall–Kier alpha value is -2.34. The molecule has 0 saturated heterocycles. The standard InChI is InChI=1S/C17H18N2O3S/c1-3-22-17(21)12-7-9-13(10-8-12)19-15(20)14-6-5-11-18-16(14)23-4-2/h5-11H,3-4H2,1-2H3,(H,19,20). The Bertz CT molecular complexity index is 686. The number of carbonyl (C=O) groups excluding carboxylic acids is 2. The summed E-state index contributed by atoms with van der Waals surface area (Å²) in [5, 5.41) is 3.52.